The zero-order valence-electron chi connectivity index (χ0n) is 10.5. The minimum absolute atomic E-state index is 0.217. The van der Waals surface area contributed by atoms with Gasteiger partial charge in [-0.1, -0.05) is 18.9 Å². The summed E-state index contributed by atoms with van der Waals surface area (Å²) < 4.78 is 0. The summed E-state index contributed by atoms with van der Waals surface area (Å²) in [7, 11) is 0. The molecule has 0 unspecified atom stereocenters. The van der Waals surface area contributed by atoms with E-state index in [1.165, 1.54) is 12.8 Å². The van der Waals surface area contributed by atoms with Crippen LogP contribution in [0.15, 0.2) is 18.3 Å². The molecule has 98 valence electrons. The predicted octanol–water partition coefficient (Wildman–Crippen LogP) is 0.775. The first-order valence-electron chi connectivity index (χ1n) is 6.41. The van der Waals surface area contributed by atoms with Crippen LogP contribution in [0.5, 0.6) is 0 Å². The molecule has 0 bridgehead atoms. The maximum atomic E-state index is 11.3. The summed E-state index contributed by atoms with van der Waals surface area (Å²) in [5, 5.41) is 0. The molecule has 0 saturated heterocycles. The van der Waals surface area contributed by atoms with Gasteiger partial charge in [0.25, 0.3) is 0 Å². The topological polar surface area (TPSA) is 85.2 Å². The Hall–Kier alpha value is -1.62. The van der Waals surface area contributed by atoms with Crippen molar-refractivity contribution in [1.29, 1.82) is 0 Å². The van der Waals surface area contributed by atoms with E-state index in [0.29, 0.717) is 12.6 Å². The number of aromatic nitrogens is 1. The van der Waals surface area contributed by atoms with Crippen molar-refractivity contribution >= 4 is 11.7 Å². The van der Waals surface area contributed by atoms with Crippen molar-refractivity contribution in [2.24, 2.45) is 11.5 Å². The number of pyridine rings is 1. The minimum atomic E-state index is -0.324. The molecule has 0 radical (unpaired) electrons. The van der Waals surface area contributed by atoms with Crippen molar-refractivity contribution in [2.45, 2.75) is 38.3 Å². The third-order valence-corrected chi connectivity index (χ3v) is 3.45. The Labute approximate surface area is 107 Å². The van der Waals surface area contributed by atoms with Crippen molar-refractivity contribution in [2.75, 3.05) is 11.4 Å². The molecule has 0 atom stereocenters. The number of nitrogens with two attached hydrogens (primary N) is 2. The van der Waals surface area contributed by atoms with Gasteiger partial charge in [0.2, 0.25) is 5.91 Å². The molecule has 1 aliphatic rings. The van der Waals surface area contributed by atoms with Crippen LogP contribution >= 0.6 is 0 Å². The van der Waals surface area contributed by atoms with Crippen LogP contribution in [0.1, 0.15) is 31.2 Å². The molecule has 1 aromatic rings. The van der Waals surface area contributed by atoms with Gasteiger partial charge in [0.05, 0.1) is 6.54 Å². The Morgan fingerprint density at radius 3 is 2.78 bits per heavy atom. The van der Waals surface area contributed by atoms with E-state index < -0.39 is 0 Å². The molecule has 1 fully saturated rings. The Bertz CT molecular complexity index is 415. The minimum Gasteiger partial charge on any atom is -0.368 e. The molecule has 0 spiro atoms. The highest BCUT2D eigenvalue weighted by molar-refractivity contribution is 5.79. The van der Waals surface area contributed by atoms with Gasteiger partial charge in [-0.3, -0.25) is 4.79 Å². The lowest BCUT2D eigenvalue weighted by molar-refractivity contribution is -0.116. The average molecular weight is 248 g/mol. The van der Waals surface area contributed by atoms with Crippen LogP contribution in [0.25, 0.3) is 0 Å². The largest absolute Gasteiger partial charge is 0.368 e. The standard InChI is InChI=1S/C13H20N4O/c14-8-10-4-3-7-16-13(10)17(9-12(15)18)11-5-1-2-6-11/h3-4,7,11H,1-2,5-6,8-9,14H2,(H2,15,18). The third kappa shape index (κ3) is 2.79. The van der Waals surface area contributed by atoms with Gasteiger partial charge in [-0.2, -0.15) is 0 Å². The van der Waals surface area contributed by atoms with E-state index in [-0.39, 0.29) is 12.5 Å². The number of nitrogens with zero attached hydrogens (tertiary/aromatic N) is 2. The predicted molar refractivity (Wildman–Crippen MR) is 70.9 cm³/mol. The van der Waals surface area contributed by atoms with Gasteiger partial charge in [-0.15, -0.1) is 0 Å². The normalized spacial score (nSPS) is 15.8. The molecule has 1 saturated carbocycles. The van der Waals surface area contributed by atoms with Gasteiger partial charge in [0.1, 0.15) is 5.82 Å². The van der Waals surface area contributed by atoms with Gasteiger partial charge < -0.3 is 16.4 Å². The highest BCUT2D eigenvalue weighted by atomic mass is 16.1. The fraction of sp³-hybridized carbons (Fsp3) is 0.538. The zero-order valence-corrected chi connectivity index (χ0v) is 10.5. The lowest BCUT2D eigenvalue weighted by Gasteiger charge is -2.30. The molecule has 4 N–H and O–H groups in total. The lowest BCUT2D eigenvalue weighted by Crippen LogP contribution is -2.41. The number of carbonyl (C=O) groups excluding carboxylic acids is 1. The molecule has 2 rings (SSSR count). The van der Waals surface area contributed by atoms with Crippen LogP contribution in [0.3, 0.4) is 0 Å². The second kappa shape index (κ2) is 5.82. The third-order valence-electron chi connectivity index (χ3n) is 3.45. The maximum absolute atomic E-state index is 11.3. The number of primary amides is 1. The Morgan fingerprint density at radius 1 is 1.44 bits per heavy atom. The van der Waals surface area contributed by atoms with Crippen LogP contribution < -0.4 is 16.4 Å². The number of amides is 1. The van der Waals surface area contributed by atoms with Crippen molar-refractivity contribution in [3.8, 4) is 0 Å². The Morgan fingerprint density at radius 2 is 2.17 bits per heavy atom. The first-order chi connectivity index (χ1) is 8.72. The van der Waals surface area contributed by atoms with Gasteiger partial charge in [0, 0.05) is 24.3 Å². The fourth-order valence-electron chi connectivity index (χ4n) is 2.61. The van der Waals surface area contributed by atoms with Crippen molar-refractivity contribution in [3.63, 3.8) is 0 Å². The van der Waals surface area contributed by atoms with Crippen molar-refractivity contribution < 1.29 is 4.79 Å². The number of anilines is 1. The zero-order chi connectivity index (χ0) is 13.0. The Kier molecular flexibility index (Phi) is 4.15. The molecule has 5 nitrogen and oxygen atoms in total. The summed E-state index contributed by atoms with van der Waals surface area (Å²) in [6.45, 7) is 0.639. The molecular formula is C13H20N4O. The van der Waals surface area contributed by atoms with Crippen LogP contribution in [0.2, 0.25) is 0 Å². The Balaban J connectivity index is 2.29. The average Bonchev–Trinajstić information content (AvgIpc) is 2.89. The monoisotopic (exact) mass is 248 g/mol. The highest BCUT2D eigenvalue weighted by Crippen LogP contribution is 2.28. The quantitative estimate of drug-likeness (QED) is 0.806. The molecule has 5 heteroatoms. The highest BCUT2D eigenvalue weighted by Gasteiger charge is 2.26. The van der Waals surface area contributed by atoms with E-state index in [0.717, 1.165) is 24.2 Å². The van der Waals surface area contributed by atoms with E-state index in [9.17, 15) is 4.79 Å². The second-order valence-electron chi connectivity index (χ2n) is 4.72. The van der Waals surface area contributed by atoms with Gasteiger partial charge in [-0.05, 0) is 18.9 Å². The number of carbonyl (C=O) groups is 1. The van der Waals surface area contributed by atoms with Gasteiger partial charge >= 0.3 is 0 Å². The van der Waals surface area contributed by atoms with Crippen molar-refractivity contribution in [1.82, 2.24) is 4.98 Å². The molecule has 1 aliphatic carbocycles. The molecule has 0 aromatic carbocycles. The SMILES string of the molecule is NCc1cccnc1N(CC(N)=O)C1CCCC1. The number of rotatable bonds is 5. The van der Waals surface area contributed by atoms with E-state index >= 15 is 0 Å². The van der Waals surface area contributed by atoms with Crippen LogP contribution in [-0.4, -0.2) is 23.5 Å². The smallest absolute Gasteiger partial charge is 0.237 e. The summed E-state index contributed by atoms with van der Waals surface area (Å²) in [5.74, 6) is 0.487. The van der Waals surface area contributed by atoms with E-state index in [4.69, 9.17) is 11.5 Å². The van der Waals surface area contributed by atoms with Crippen LogP contribution in [0, 0.1) is 0 Å². The lowest BCUT2D eigenvalue weighted by atomic mass is 10.1. The second-order valence-corrected chi connectivity index (χ2v) is 4.72. The van der Waals surface area contributed by atoms with E-state index in [2.05, 4.69) is 4.98 Å². The van der Waals surface area contributed by atoms with Crippen LogP contribution in [0.4, 0.5) is 5.82 Å². The summed E-state index contributed by atoms with van der Waals surface area (Å²) in [6, 6.07) is 4.17. The summed E-state index contributed by atoms with van der Waals surface area (Å²) >= 11 is 0. The first-order valence-corrected chi connectivity index (χ1v) is 6.41. The van der Waals surface area contributed by atoms with Crippen LogP contribution in [-0.2, 0) is 11.3 Å². The molecule has 18 heavy (non-hydrogen) atoms. The summed E-state index contributed by atoms with van der Waals surface area (Å²) in [4.78, 5) is 17.7. The van der Waals surface area contributed by atoms with Crippen molar-refractivity contribution in [3.05, 3.63) is 23.9 Å². The van der Waals surface area contributed by atoms with Gasteiger partial charge in [-0.25, -0.2) is 4.98 Å². The fourth-order valence-corrected chi connectivity index (χ4v) is 2.61. The molecule has 0 aliphatic heterocycles. The molecule has 1 heterocycles. The summed E-state index contributed by atoms with van der Waals surface area (Å²) in [6.07, 6.45) is 6.31. The summed E-state index contributed by atoms with van der Waals surface area (Å²) in [5.41, 5.74) is 12.0. The molecule has 1 aromatic heterocycles. The maximum Gasteiger partial charge on any atom is 0.237 e. The van der Waals surface area contributed by atoms with Gasteiger partial charge in [0.15, 0.2) is 0 Å². The first kappa shape index (κ1) is 12.8. The number of hydrogen-bond acceptors (Lipinski definition) is 4. The molecule has 1 amide bonds. The number of hydrogen-bond donors (Lipinski definition) is 2. The van der Waals surface area contributed by atoms with E-state index in [1.54, 1.807) is 6.20 Å². The molecular weight excluding hydrogens is 228 g/mol. The van der Waals surface area contributed by atoms with E-state index in [1.807, 2.05) is 17.0 Å².